The summed E-state index contributed by atoms with van der Waals surface area (Å²) in [5, 5.41) is 19.4. The van der Waals surface area contributed by atoms with E-state index in [2.05, 4.69) is 0 Å². The predicted octanol–water partition coefficient (Wildman–Crippen LogP) is 1.26. The largest absolute Gasteiger partial charge is 0.506 e. The third-order valence-electron chi connectivity index (χ3n) is 2.83. The molecule has 10 heteroatoms. The highest BCUT2D eigenvalue weighted by atomic mass is 32.2. The van der Waals surface area contributed by atoms with Gasteiger partial charge in [-0.15, -0.1) is 0 Å². The monoisotopic (exact) mass is 346 g/mol. The van der Waals surface area contributed by atoms with Gasteiger partial charge in [-0.1, -0.05) is 18.2 Å². The molecule has 2 rings (SSSR count). The fourth-order valence-electron chi connectivity index (χ4n) is 1.85. The lowest BCUT2D eigenvalue weighted by molar-refractivity contribution is 0.440. The molecular formula is C12H10O8S2. The standard InChI is InChI=1S/C12H10O8S2/c13-9-5-4-7(6-11(9)22(18,19)20)8-2-1-3-10(12(8)14)21(15,16)17/h1-6,13-14H,(H,15,16,17)(H,18,19,20). The molecule has 0 saturated carbocycles. The lowest BCUT2D eigenvalue weighted by Gasteiger charge is -2.10. The van der Waals surface area contributed by atoms with Crippen LogP contribution in [0.3, 0.4) is 0 Å². The van der Waals surface area contributed by atoms with Crippen molar-refractivity contribution in [2.24, 2.45) is 0 Å². The van der Waals surface area contributed by atoms with Crippen molar-refractivity contribution in [3.05, 3.63) is 36.4 Å². The first-order valence-corrected chi connectivity index (χ1v) is 8.50. The van der Waals surface area contributed by atoms with Crippen molar-refractivity contribution >= 4 is 20.2 Å². The summed E-state index contributed by atoms with van der Waals surface area (Å²) in [4.78, 5) is -1.56. The number of rotatable bonds is 3. The lowest BCUT2D eigenvalue weighted by Crippen LogP contribution is -2.00. The SMILES string of the molecule is O=S(=O)(O)c1cc(-c2cccc(S(=O)(=O)O)c2O)ccc1O. The first kappa shape index (κ1) is 16.2. The molecule has 0 atom stereocenters. The summed E-state index contributed by atoms with van der Waals surface area (Å²) in [7, 11) is -9.39. The van der Waals surface area contributed by atoms with Crippen LogP contribution < -0.4 is 0 Å². The van der Waals surface area contributed by atoms with Crippen LogP contribution in [0.15, 0.2) is 46.2 Å². The highest BCUT2D eigenvalue weighted by Gasteiger charge is 2.21. The Hall–Kier alpha value is -2.14. The van der Waals surface area contributed by atoms with Crippen molar-refractivity contribution in [3.63, 3.8) is 0 Å². The minimum atomic E-state index is -4.71. The average molecular weight is 346 g/mol. The van der Waals surface area contributed by atoms with Crippen molar-refractivity contribution in [1.29, 1.82) is 0 Å². The summed E-state index contributed by atoms with van der Waals surface area (Å²) in [5.74, 6) is -1.51. The molecule has 4 N–H and O–H groups in total. The number of hydrogen-bond donors (Lipinski definition) is 4. The molecule has 0 fully saturated rings. The maximum atomic E-state index is 11.1. The van der Waals surface area contributed by atoms with Crippen LogP contribution in [0.1, 0.15) is 0 Å². The Balaban J connectivity index is 2.74. The molecule has 0 spiro atoms. The van der Waals surface area contributed by atoms with E-state index in [0.29, 0.717) is 0 Å². The van der Waals surface area contributed by atoms with E-state index in [0.717, 1.165) is 18.2 Å². The molecule has 0 aromatic heterocycles. The highest BCUT2D eigenvalue weighted by Crippen LogP contribution is 2.37. The number of aromatic hydroxyl groups is 2. The Labute approximate surface area is 125 Å². The Morgan fingerprint density at radius 3 is 1.91 bits per heavy atom. The Morgan fingerprint density at radius 2 is 1.36 bits per heavy atom. The van der Waals surface area contributed by atoms with Crippen LogP contribution in [0.5, 0.6) is 11.5 Å². The van der Waals surface area contributed by atoms with Gasteiger partial charge in [-0.25, -0.2) is 0 Å². The second-order valence-electron chi connectivity index (χ2n) is 4.28. The summed E-state index contributed by atoms with van der Waals surface area (Å²) in [5.41, 5.74) is -0.103. The summed E-state index contributed by atoms with van der Waals surface area (Å²) >= 11 is 0. The van der Waals surface area contributed by atoms with E-state index >= 15 is 0 Å². The molecule has 8 nitrogen and oxygen atoms in total. The lowest BCUT2D eigenvalue weighted by atomic mass is 10.0. The first-order chi connectivity index (χ1) is 10.0. The van der Waals surface area contributed by atoms with Gasteiger partial charge in [0, 0.05) is 5.56 Å². The van der Waals surface area contributed by atoms with Gasteiger partial charge in [0.15, 0.2) is 0 Å². The predicted molar refractivity (Wildman–Crippen MR) is 74.8 cm³/mol. The van der Waals surface area contributed by atoms with Crippen LogP contribution in [-0.4, -0.2) is 36.2 Å². The summed E-state index contributed by atoms with van der Waals surface area (Å²) < 4.78 is 62.6. The molecule has 0 bridgehead atoms. The van der Waals surface area contributed by atoms with Crippen molar-refractivity contribution in [2.45, 2.75) is 9.79 Å². The third-order valence-corrected chi connectivity index (χ3v) is 4.59. The molecule has 0 amide bonds. The maximum absolute atomic E-state index is 11.1. The smallest absolute Gasteiger partial charge is 0.298 e. The van der Waals surface area contributed by atoms with Crippen LogP contribution in [-0.2, 0) is 20.2 Å². The summed E-state index contributed by atoms with van der Waals surface area (Å²) in [6, 6.07) is 6.46. The fraction of sp³-hybridized carbons (Fsp3) is 0. The molecule has 0 heterocycles. The fourth-order valence-corrected chi connectivity index (χ4v) is 3.06. The van der Waals surface area contributed by atoms with E-state index in [1.807, 2.05) is 0 Å². The van der Waals surface area contributed by atoms with E-state index in [1.54, 1.807) is 0 Å². The number of benzene rings is 2. The first-order valence-electron chi connectivity index (χ1n) is 5.62. The van der Waals surface area contributed by atoms with Gasteiger partial charge in [0.25, 0.3) is 20.2 Å². The van der Waals surface area contributed by atoms with Crippen molar-refractivity contribution in [1.82, 2.24) is 0 Å². The van der Waals surface area contributed by atoms with Gasteiger partial charge in [0.2, 0.25) is 0 Å². The normalized spacial score (nSPS) is 12.3. The zero-order valence-corrected chi connectivity index (χ0v) is 12.3. The topological polar surface area (TPSA) is 149 Å². The van der Waals surface area contributed by atoms with E-state index in [1.165, 1.54) is 18.2 Å². The molecule has 2 aromatic rings. The van der Waals surface area contributed by atoms with Gasteiger partial charge in [-0.05, 0) is 23.8 Å². The number of para-hydroxylation sites is 1. The highest BCUT2D eigenvalue weighted by molar-refractivity contribution is 7.86. The number of phenolic OH excluding ortho intramolecular Hbond substituents is 2. The zero-order valence-electron chi connectivity index (χ0n) is 10.7. The van der Waals surface area contributed by atoms with E-state index < -0.39 is 41.5 Å². The average Bonchev–Trinajstić information content (AvgIpc) is 2.37. The third kappa shape index (κ3) is 3.04. The molecular weight excluding hydrogens is 336 g/mol. The minimum absolute atomic E-state index is 0.00780. The molecule has 22 heavy (non-hydrogen) atoms. The Bertz CT molecular complexity index is 945. The molecule has 0 saturated heterocycles. The van der Waals surface area contributed by atoms with Crippen LogP contribution in [0, 0.1) is 0 Å². The quantitative estimate of drug-likeness (QED) is 0.607. The molecule has 0 radical (unpaired) electrons. The van der Waals surface area contributed by atoms with Gasteiger partial charge in [-0.3, -0.25) is 9.11 Å². The molecule has 0 unspecified atom stereocenters. The van der Waals surface area contributed by atoms with Crippen LogP contribution in [0.4, 0.5) is 0 Å². The molecule has 0 aliphatic carbocycles. The summed E-state index contributed by atoms with van der Waals surface area (Å²) in [6.45, 7) is 0. The Morgan fingerprint density at radius 1 is 0.773 bits per heavy atom. The number of phenols is 2. The van der Waals surface area contributed by atoms with Gasteiger partial charge in [0.1, 0.15) is 21.3 Å². The molecule has 0 aliphatic rings. The molecule has 118 valence electrons. The van der Waals surface area contributed by atoms with E-state index in [9.17, 15) is 27.0 Å². The van der Waals surface area contributed by atoms with Crippen LogP contribution >= 0.6 is 0 Å². The van der Waals surface area contributed by atoms with E-state index in [4.69, 9.17) is 9.11 Å². The van der Waals surface area contributed by atoms with Crippen LogP contribution in [0.25, 0.3) is 11.1 Å². The zero-order chi connectivity index (χ0) is 16.7. The summed E-state index contributed by atoms with van der Waals surface area (Å²) in [6.07, 6.45) is 0. The van der Waals surface area contributed by atoms with Crippen molar-refractivity contribution in [2.75, 3.05) is 0 Å². The maximum Gasteiger partial charge on any atom is 0.298 e. The molecule has 2 aromatic carbocycles. The minimum Gasteiger partial charge on any atom is -0.506 e. The van der Waals surface area contributed by atoms with Crippen molar-refractivity contribution in [3.8, 4) is 22.6 Å². The Kier molecular flexibility index (Phi) is 3.87. The molecule has 0 aliphatic heterocycles. The van der Waals surface area contributed by atoms with Gasteiger partial charge >= 0.3 is 0 Å². The van der Waals surface area contributed by atoms with Gasteiger partial charge in [-0.2, -0.15) is 16.8 Å². The van der Waals surface area contributed by atoms with E-state index in [-0.39, 0.29) is 11.1 Å². The van der Waals surface area contributed by atoms with Crippen molar-refractivity contribution < 1.29 is 36.2 Å². The second kappa shape index (κ2) is 5.25. The second-order valence-corrected chi connectivity index (χ2v) is 7.06. The number of hydrogen-bond acceptors (Lipinski definition) is 6. The van der Waals surface area contributed by atoms with Crippen LogP contribution in [0.2, 0.25) is 0 Å². The van der Waals surface area contributed by atoms with Gasteiger partial charge < -0.3 is 10.2 Å². The van der Waals surface area contributed by atoms with Gasteiger partial charge in [0.05, 0.1) is 0 Å².